The third kappa shape index (κ3) is 4.54. The lowest BCUT2D eigenvalue weighted by Gasteiger charge is -2.12. The Morgan fingerprint density at radius 2 is 1.93 bits per heavy atom. The minimum absolute atomic E-state index is 0.0654. The second kappa shape index (κ2) is 9.41. The number of carbonyl (C=O) groups is 1. The molecule has 0 aliphatic heterocycles. The Hall–Kier alpha value is -2.80. The Morgan fingerprint density at radius 3 is 2.71 bits per heavy atom. The number of carbonyl (C=O) groups excluding carboxylic acids is 1. The van der Waals surface area contributed by atoms with Crippen molar-refractivity contribution in [1.82, 2.24) is 14.9 Å². The molecule has 0 aliphatic rings. The van der Waals surface area contributed by atoms with Crippen LogP contribution in [-0.2, 0) is 17.9 Å². The summed E-state index contributed by atoms with van der Waals surface area (Å²) < 4.78 is 6.95. The molecule has 0 aliphatic carbocycles. The van der Waals surface area contributed by atoms with Crippen LogP contribution in [0.5, 0.6) is 5.75 Å². The molecule has 1 N–H and O–H groups in total. The lowest BCUT2D eigenvalue weighted by molar-refractivity contribution is -0.118. The number of fused-ring (bicyclic) bond motifs is 1. The van der Waals surface area contributed by atoms with E-state index in [0.717, 1.165) is 17.7 Å². The fourth-order valence-corrected chi connectivity index (χ4v) is 3.76. The Kier molecular flexibility index (Phi) is 6.71. The third-order valence-electron chi connectivity index (χ3n) is 4.27. The van der Waals surface area contributed by atoms with Crippen molar-refractivity contribution in [1.29, 1.82) is 0 Å². The topological polar surface area (TPSA) is 73.2 Å². The Labute approximate surface area is 167 Å². The zero-order valence-electron chi connectivity index (χ0n) is 16.0. The zero-order valence-corrected chi connectivity index (χ0v) is 16.8. The summed E-state index contributed by atoms with van der Waals surface area (Å²) >= 11 is 1.28. The number of amides is 1. The van der Waals surface area contributed by atoms with E-state index >= 15 is 0 Å². The number of hydrogen-bond donors (Lipinski definition) is 1. The van der Waals surface area contributed by atoms with Crippen molar-refractivity contribution < 1.29 is 9.53 Å². The Morgan fingerprint density at radius 1 is 1.18 bits per heavy atom. The van der Waals surface area contributed by atoms with E-state index in [1.165, 1.54) is 11.8 Å². The monoisotopic (exact) mass is 397 g/mol. The van der Waals surface area contributed by atoms with Gasteiger partial charge in [0.1, 0.15) is 5.75 Å². The van der Waals surface area contributed by atoms with E-state index < -0.39 is 0 Å². The molecule has 3 aromatic rings. The van der Waals surface area contributed by atoms with Crippen LogP contribution >= 0.6 is 11.8 Å². The maximum atomic E-state index is 12.8. The van der Waals surface area contributed by atoms with Gasteiger partial charge >= 0.3 is 0 Å². The highest BCUT2D eigenvalue weighted by atomic mass is 32.2. The summed E-state index contributed by atoms with van der Waals surface area (Å²) in [4.78, 5) is 29.7. The second-order valence-corrected chi connectivity index (χ2v) is 7.19. The summed E-state index contributed by atoms with van der Waals surface area (Å²) in [6.07, 6.45) is 0.813. The normalized spacial score (nSPS) is 10.8. The molecule has 1 aromatic heterocycles. The van der Waals surface area contributed by atoms with Crippen molar-refractivity contribution >= 4 is 28.6 Å². The predicted octanol–water partition coefficient (Wildman–Crippen LogP) is 3.22. The summed E-state index contributed by atoms with van der Waals surface area (Å²) in [5.74, 6) is 0.800. The van der Waals surface area contributed by atoms with Crippen LogP contribution in [0.2, 0.25) is 0 Å². The van der Waals surface area contributed by atoms with Gasteiger partial charge in [-0.1, -0.05) is 49.0 Å². The van der Waals surface area contributed by atoms with E-state index in [1.807, 2.05) is 49.4 Å². The van der Waals surface area contributed by atoms with E-state index in [4.69, 9.17) is 4.74 Å². The van der Waals surface area contributed by atoms with Crippen molar-refractivity contribution in [2.24, 2.45) is 0 Å². The molecule has 0 spiro atoms. The van der Waals surface area contributed by atoms with Gasteiger partial charge in [0.25, 0.3) is 5.56 Å². The molecule has 0 bridgehead atoms. The van der Waals surface area contributed by atoms with Crippen LogP contribution in [0.4, 0.5) is 0 Å². The number of methoxy groups -OCH3 is 1. The summed E-state index contributed by atoms with van der Waals surface area (Å²) in [7, 11) is 1.61. The van der Waals surface area contributed by atoms with Gasteiger partial charge in [-0.15, -0.1) is 0 Å². The van der Waals surface area contributed by atoms with Crippen molar-refractivity contribution in [3.8, 4) is 5.75 Å². The van der Waals surface area contributed by atoms with Gasteiger partial charge in [-0.25, -0.2) is 4.98 Å². The van der Waals surface area contributed by atoms with Crippen molar-refractivity contribution in [2.75, 3.05) is 12.9 Å². The van der Waals surface area contributed by atoms with Gasteiger partial charge in [-0.2, -0.15) is 0 Å². The van der Waals surface area contributed by atoms with Gasteiger partial charge in [-0.05, 0) is 24.6 Å². The smallest absolute Gasteiger partial charge is 0.262 e. The van der Waals surface area contributed by atoms with Crippen LogP contribution in [0, 0.1) is 0 Å². The fraction of sp³-hybridized carbons (Fsp3) is 0.286. The van der Waals surface area contributed by atoms with Crippen LogP contribution in [-0.4, -0.2) is 28.3 Å². The number of para-hydroxylation sites is 2. The van der Waals surface area contributed by atoms with Gasteiger partial charge in [0, 0.05) is 18.7 Å². The largest absolute Gasteiger partial charge is 0.496 e. The minimum atomic E-state index is -0.124. The molecule has 0 atom stereocenters. The number of hydrogen-bond acceptors (Lipinski definition) is 5. The lowest BCUT2D eigenvalue weighted by atomic mass is 10.2. The highest BCUT2D eigenvalue weighted by Gasteiger charge is 2.13. The number of aromatic nitrogens is 2. The van der Waals surface area contributed by atoms with Crippen molar-refractivity contribution in [3.63, 3.8) is 0 Å². The molecule has 1 amide bonds. The molecule has 146 valence electrons. The molecule has 0 fully saturated rings. The summed E-state index contributed by atoms with van der Waals surface area (Å²) in [6.45, 7) is 2.97. The van der Waals surface area contributed by atoms with Crippen LogP contribution in [0.1, 0.15) is 18.9 Å². The first-order valence-electron chi connectivity index (χ1n) is 9.15. The Bertz CT molecular complexity index is 1030. The third-order valence-corrected chi connectivity index (χ3v) is 5.25. The van der Waals surface area contributed by atoms with Crippen LogP contribution in [0.3, 0.4) is 0 Å². The zero-order chi connectivity index (χ0) is 19.9. The molecule has 6 nitrogen and oxygen atoms in total. The van der Waals surface area contributed by atoms with E-state index in [9.17, 15) is 9.59 Å². The molecular formula is C21H23N3O3S. The predicted molar refractivity (Wildman–Crippen MR) is 112 cm³/mol. The minimum Gasteiger partial charge on any atom is -0.496 e. The number of nitrogens with zero attached hydrogens (tertiary/aromatic N) is 2. The molecule has 0 saturated carbocycles. The first kappa shape index (κ1) is 19.9. The maximum absolute atomic E-state index is 12.8. The Balaban J connectivity index is 1.71. The van der Waals surface area contributed by atoms with Gasteiger partial charge in [0.05, 0.1) is 23.8 Å². The molecular weight excluding hydrogens is 374 g/mol. The first-order chi connectivity index (χ1) is 13.6. The maximum Gasteiger partial charge on any atom is 0.262 e. The van der Waals surface area contributed by atoms with Gasteiger partial charge < -0.3 is 10.1 Å². The first-order valence-corrected chi connectivity index (χ1v) is 10.1. The SMILES string of the molecule is CCCn1c(SCC(=O)NCc2ccccc2OC)nc2ccccc2c1=O. The lowest BCUT2D eigenvalue weighted by Crippen LogP contribution is -2.27. The molecule has 0 saturated heterocycles. The van der Waals surface area contributed by atoms with Gasteiger partial charge in [-0.3, -0.25) is 14.2 Å². The van der Waals surface area contributed by atoms with Crippen LogP contribution < -0.4 is 15.6 Å². The van der Waals surface area contributed by atoms with Crippen LogP contribution in [0.15, 0.2) is 58.5 Å². The number of ether oxygens (including phenoxy) is 1. The van der Waals surface area contributed by atoms with E-state index in [2.05, 4.69) is 10.3 Å². The average Bonchev–Trinajstić information content (AvgIpc) is 2.73. The highest BCUT2D eigenvalue weighted by Crippen LogP contribution is 2.19. The molecule has 0 radical (unpaired) electrons. The van der Waals surface area contributed by atoms with Gasteiger partial charge in [0.15, 0.2) is 5.16 Å². The highest BCUT2D eigenvalue weighted by molar-refractivity contribution is 7.99. The molecule has 3 rings (SSSR count). The average molecular weight is 398 g/mol. The fourth-order valence-electron chi connectivity index (χ4n) is 2.90. The summed E-state index contributed by atoms with van der Waals surface area (Å²) in [6, 6.07) is 14.9. The van der Waals surface area contributed by atoms with Crippen LogP contribution in [0.25, 0.3) is 10.9 Å². The molecule has 0 unspecified atom stereocenters. The number of thioether (sulfide) groups is 1. The van der Waals surface area contributed by atoms with Gasteiger partial charge in [0.2, 0.25) is 5.91 Å². The number of nitrogens with one attached hydrogen (secondary N) is 1. The molecule has 7 heteroatoms. The molecule has 28 heavy (non-hydrogen) atoms. The van der Waals surface area contributed by atoms with E-state index in [1.54, 1.807) is 17.7 Å². The van der Waals surface area contributed by atoms with Crippen molar-refractivity contribution in [2.45, 2.75) is 31.6 Å². The summed E-state index contributed by atoms with van der Waals surface area (Å²) in [5.41, 5.74) is 1.50. The number of rotatable bonds is 8. The standard InChI is InChI=1S/C21H23N3O3S/c1-3-12-24-20(26)16-9-5-6-10-17(16)23-21(24)28-14-19(25)22-13-15-8-4-7-11-18(15)27-2/h4-11H,3,12-14H2,1-2H3,(H,22,25). The summed E-state index contributed by atoms with van der Waals surface area (Å²) in [5, 5.41) is 4.06. The van der Waals surface area contributed by atoms with E-state index in [0.29, 0.717) is 29.1 Å². The van der Waals surface area contributed by atoms with E-state index in [-0.39, 0.29) is 17.2 Å². The quantitative estimate of drug-likeness (QED) is 0.467. The van der Waals surface area contributed by atoms with Crippen molar-refractivity contribution in [3.05, 3.63) is 64.4 Å². The second-order valence-electron chi connectivity index (χ2n) is 6.25. The molecule has 1 heterocycles. The number of benzene rings is 2. The molecule has 2 aromatic carbocycles.